The van der Waals surface area contributed by atoms with Crippen molar-refractivity contribution in [1.82, 2.24) is 4.90 Å². The van der Waals surface area contributed by atoms with Crippen molar-refractivity contribution in [3.05, 3.63) is 23.2 Å². The lowest BCUT2D eigenvalue weighted by Gasteiger charge is -2.30. The number of hydrogen-bond acceptors (Lipinski definition) is 4. The zero-order valence-corrected chi connectivity index (χ0v) is 17.4. The molecular formula is C22H28ClN3O3. The van der Waals surface area contributed by atoms with Gasteiger partial charge in [-0.1, -0.05) is 24.4 Å². The molecule has 29 heavy (non-hydrogen) atoms. The molecule has 0 aromatic heterocycles. The summed E-state index contributed by atoms with van der Waals surface area (Å²) < 4.78 is 0. The molecule has 2 aliphatic heterocycles. The van der Waals surface area contributed by atoms with Crippen LogP contribution in [0.4, 0.5) is 11.4 Å². The lowest BCUT2D eigenvalue weighted by atomic mass is 9.81. The van der Waals surface area contributed by atoms with Gasteiger partial charge < -0.3 is 10.2 Å². The number of amides is 3. The van der Waals surface area contributed by atoms with Crippen LogP contribution in [0.1, 0.15) is 51.4 Å². The van der Waals surface area contributed by atoms with E-state index in [1.165, 1.54) is 11.3 Å². The fourth-order valence-electron chi connectivity index (χ4n) is 4.90. The van der Waals surface area contributed by atoms with Gasteiger partial charge in [0.25, 0.3) is 0 Å². The van der Waals surface area contributed by atoms with E-state index in [0.29, 0.717) is 10.7 Å². The molecule has 7 heteroatoms. The molecule has 0 radical (unpaired) electrons. The standard InChI is InChI=1S/C22H28ClN3O3/c23-15-8-9-19(25-11-4-1-5-12-25)18(14-15)24-20(27)10-13-26-21(28)16-6-2-3-7-17(16)22(26)29/h8-9,14,16-17H,1-7,10-13H2,(H,24,27)/t16-,17+. The molecule has 4 rings (SSSR count). The van der Waals surface area contributed by atoms with Crippen LogP contribution in [0.5, 0.6) is 0 Å². The lowest BCUT2D eigenvalue weighted by molar-refractivity contribution is -0.140. The van der Waals surface area contributed by atoms with Gasteiger partial charge >= 0.3 is 0 Å². The Bertz CT molecular complexity index is 782. The van der Waals surface area contributed by atoms with Crippen LogP contribution in [0.2, 0.25) is 5.02 Å². The zero-order chi connectivity index (χ0) is 20.4. The first kappa shape index (κ1) is 20.2. The van der Waals surface area contributed by atoms with Crippen molar-refractivity contribution in [2.24, 2.45) is 11.8 Å². The minimum absolute atomic E-state index is 0.0933. The van der Waals surface area contributed by atoms with Crippen LogP contribution in [0.3, 0.4) is 0 Å². The Kier molecular flexibility index (Phi) is 6.09. The Morgan fingerprint density at radius 1 is 1.00 bits per heavy atom. The molecule has 3 amide bonds. The average Bonchev–Trinajstić information content (AvgIpc) is 2.98. The Morgan fingerprint density at radius 2 is 1.66 bits per heavy atom. The van der Waals surface area contributed by atoms with Crippen LogP contribution in [-0.2, 0) is 14.4 Å². The summed E-state index contributed by atoms with van der Waals surface area (Å²) in [7, 11) is 0. The van der Waals surface area contributed by atoms with E-state index in [9.17, 15) is 14.4 Å². The number of anilines is 2. The normalized spacial score (nSPS) is 24.6. The number of carbonyl (C=O) groups is 3. The van der Waals surface area contributed by atoms with Gasteiger partial charge in [-0.2, -0.15) is 0 Å². The topological polar surface area (TPSA) is 69.7 Å². The molecule has 0 bridgehead atoms. The summed E-state index contributed by atoms with van der Waals surface area (Å²) >= 11 is 6.16. The number of nitrogens with zero attached hydrogens (tertiary/aromatic N) is 2. The van der Waals surface area contributed by atoms with E-state index in [4.69, 9.17) is 11.6 Å². The molecule has 1 aromatic rings. The van der Waals surface area contributed by atoms with Gasteiger partial charge in [-0.3, -0.25) is 19.3 Å². The van der Waals surface area contributed by atoms with Crippen LogP contribution in [0.15, 0.2) is 18.2 Å². The van der Waals surface area contributed by atoms with Gasteiger partial charge in [-0.15, -0.1) is 0 Å². The number of piperidine rings is 1. The molecule has 1 saturated carbocycles. The van der Waals surface area contributed by atoms with E-state index in [0.717, 1.165) is 57.3 Å². The highest BCUT2D eigenvalue weighted by Gasteiger charge is 2.47. The van der Waals surface area contributed by atoms with Crippen LogP contribution in [0.25, 0.3) is 0 Å². The third kappa shape index (κ3) is 4.27. The van der Waals surface area contributed by atoms with E-state index in [1.807, 2.05) is 12.1 Å². The van der Waals surface area contributed by atoms with Crippen molar-refractivity contribution < 1.29 is 14.4 Å². The van der Waals surface area contributed by atoms with Crippen LogP contribution in [-0.4, -0.2) is 42.3 Å². The van der Waals surface area contributed by atoms with Crippen molar-refractivity contribution >= 4 is 40.7 Å². The van der Waals surface area contributed by atoms with Crippen molar-refractivity contribution in [1.29, 1.82) is 0 Å². The van der Waals surface area contributed by atoms with Gasteiger partial charge in [0.1, 0.15) is 0 Å². The van der Waals surface area contributed by atoms with Gasteiger partial charge in [-0.05, 0) is 50.3 Å². The summed E-state index contributed by atoms with van der Waals surface area (Å²) in [6.45, 7) is 2.07. The largest absolute Gasteiger partial charge is 0.370 e. The predicted molar refractivity (Wildman–Crippen MR) is 113 cm³/mol. The third-order valence-corrected chi connectivity index (χ3v) is 6.66. The Morgan fingerprint density at radius 3 is 2.31 bits per heavy atom. The smallest absolute Gasteiger partial charge is 0.233 e. The molecule has 2 heterocycles. The predicted octanol–water partition coefficient (Wildman–Crippen LogP) is 3.83. The molecular weight excluding hydrogens is 390 g/mol. The first-order valence-corrected chi connectivity index (χ1v) is 11.1. The minimum Gasteiger partial charge on any atom is -0.370 e. The summed E-state index contributed by atoms with van der Waals surface area (Å²) in [6, 6.07) is 5.55. The van der Waals surface area contributed by atoms with Crippen molar-refractivity contribution in [3.8, 4) is 0 Å². The third-order valence-electron chi connectivity index (χ3n) is 6.42. The number of nitrogens with one attached hydrogen (secondary N) is 1. The summed E-state index contributed by atoms with van der Waals surface area (Å²) in [5.74, 6) is -0.731. The fourth-order valence-corrected chi connectivity index (χ4v) is 5.07. The van der Waals surface area contributed by atoms with E-state index < -0.39 is 0 Å². The van der Waals surface area contributed by atoms with E-state index in [1.54, 1.807) is 6.07 Å². The molecule has 1 aromatic carbocycles. The number of halogens is 1. The molecule has 1 N–H and O–H groups in total. The van der Waals surface area contributed by atoms with Gasteiger partial charge in [0, 0.05) is 31.1 Å². The van der Waals surface area contributed by atoms with E-state index in [2.05, 4.69) is 10.2 Å². The zero-order valence-electron chi connectivity index (χ0n) is 16.7. The van der Waals surface area contributed by atoms with E-state index in [-0.39, 0.29) is 42.5 Å². The van der Waals surface area contributed by atoms with E-state index >= 15 is 0 Å². The van der Waals surface area contributed by atoms with Crippen LogP contribution >= 0.6 is 11.6 Å². The van der Waals surface area contributed by atoms with Crippen molar-refractivity contribution in [2.45, 2.75) is 51.4 Å². The monoisotopic (exact) mass is 417 g/mol. The Hall–Kier alpha value is -2.08. The summed E-state index contributed by atoms with van der Waals surface area (Å²) in [4.78, 5) is 41.4. The summed E-state index contributed by atoms with van der Waals surface area (Å²) in [6.07, 6.45) is 7.19. The number of likely N-dealkylation sites (tertiary alicyclic amines) is 1. The quantitative estimate of drug-likeness (QED) is 0.739. The maximum absolute atomic E-state index is 12.6. The lowest BCUT2D eigenvalue weighted by Crippen LogP contribution is -2.34. The number of rotatable bonds is 5. The highest BCUT2D eigenvalue weighted by Crippen LogP contribution is 2.38. The second-order valence-electron chi connectivity index (χ2n) is 8.33. The maximum atomic E-state index is 12.6. The van der Waals surface area contributed by atoms with Crippen molar-refractivity contribution in [3.63, 3.8) is 0 Å². The second-order valence-corrected chi connectivity index (χ2v) is 8.77. The molecule has 0 spiro atoms. The van der Waals surface area contributed by atoms with Gasteiger partial charge in [0.2, 0.25) is 17.7 Å². The van der Waals surface area contributed by atoms with Crippen LogP contribution in [0, 0.1) is 11.8 Å². The van der Waals surface area contributed by atoms with Crippen LogP contribution < -0.4 is 10.2 Å². The Balaban J connectivity index is 1.39. The molecule has 0 unspecified atom stereocenters. The van der Waals surface area contributed by atoms with Crippen molar-refractivity contribution in [2.75, 3.05) is 29.9 Å². The SMILES string of the molecule is O=C(CCN1C(=O)[C@H]2CCCC[C@H]2C1=O)Nc1cc(Cl)ccc1N1CCCCC1. The number of hydrogen-bond donors (Lipinski definition) is 1. The Labute approximate surface area is 176 Å². The minimum atomic E-state index is -0.207. The molecule has 1 aliphatic carbocycles. The molecule has 3 fully saturated rings. The average molecular weight is 418 g/mol. The van der Waals surface area contributed by atoms with Gasteiger partial charge in [0.05, 0.1) is 23.2 Å². The highest BCUT2D eigenvalue weighted by atomic mass is 35.5. The first-order chi connectivity index (χ1) is 14.0. The molecule has 2 saturated heterocycles. The summed E-state index contributed by atoms with van der Waals surface area (Å²) in [5.41, 5.74) is 1.67. The van der Waals surface area contributed by atoms with Gasteiger partial charge in [-0.25, -0.2) is 0 Å². The molecule has 6 nitrogen and oxygen atoms in total. The highest BCUT2D eigenvalue weighted by molar-refractivity contribution is 6.31. The molecule has 3 aliphatic rings. The van der Waals surface area contributed by atoms with Gasteiger partial charge in [0.15, 0.2) is 0 Å². The number of imide groups is 1. The first-order valence-electron chi connectivity index (χ1n) is 10.7. The number of benzene rings is 1. The fraction of sp³-hybridized carbons (Fsp3) is 0.591. The number of carbonyl (C=O) groups excluding carboxylic acids is 3. The maximum Gasteiger partial charge on any atom is 0.233 e. The number of fused-ring (bicyclic) bond motifs is 1. The molecule has 156 valence electrons. The summed E-state index contributed by atoms with van der Waals surface area (Å²) in [5, 5.41) is 3.52. The molecule has 2 atom stereocenters. The second kappa shape index (κ2) is 8.74.